The topological polar surface area (TPSA) is 107 Å². The molecule has 0 saturated heterocycles. The first-order chi connectivity index (χ1) is 11.4. The molecule has 0 aliphatic carbocycles. The Hall–Kier alpha value is -3.12. The summed E-state index contributed by atoms with van der Waals surface area (Å²) < 4.78 is 0. The number of nitro benzene ring substituents is 1. The second-order valence-corrected chi connectivity index (χ2v) is 5.54. The lowest BCUT2D eigenvalue weighted by Gasteiger charge is -2.12. The number of hydrogen-bond donors (Lipinski definition) is 3. The van der Waals surface area contributed by atoms with E-state index < -0.39 is 10.7 Å². The van der Waals surface area contributed by atoms with Gasteiger partial charge in [-0.25, -0.2) is 0 Å². The predicted octanol–water partition coefficient (Wildman–Crippen LogP) is 4.23. The molecule has 0 unspecified atom stereocenters. The molecule has 0 bridgehead atoms. The minimum atomic E-state index is -0.662. The molecule has 0 amide bonds. The fourth-order valence-corrected chi connectivity index (χ4v) is 2.75. The smallest absolute Gasteiger partial charge is 0.271 e. The third-order valence-electron chi connectivity index (χ3n) is 3.69. The van der Waals surface area contributed by atoms with Gasteiger partial charge in [0.2, 0.25) is 0 Å². The van der Waals surface area contributed by atoms with Crippen LogP contribution in [0.15, 0.2) is 48.5 Å². The van der Waals surface area contributed by atoms with Crippen LogP contribution in [-0.4, -0.2) is 20.8 Å². The average molecular weight is 343 g/mol. The second kappa shape index (κ2) is 5.82. The van der Waals surface area contributed by atoms with Crippen LogP contribution in [0, 0.1) is 15.5 Å². The lowest BCUT2D eigenvalue weighted by molar-refractivity contribution is -0.384. The minimum absolute atomic E-state index is 0.124. The molecule has 0 fully saturated rings. The van der Waals surface area contributed by atoms with Crippen LogP contribution in [0.5, 0.6) is 11.5 Å². The maximum atomic E-state index is 11.0. The normalized spacial score (nSPS) is 10.7. The van der Waals surface area contributed by atoms with Crippen molar-refractivity contribution in [3.05, 3.63) is 74.8 Å². The molecule has 0 aromatic heterocycles. The van der Waals surface area contributed by atoms with Crippen LogP contribution in [0.4, 0.5) is 5.69 Å². The Labute approximate surface area is 141 Å². The van der Waals surface area contributed by atoms with Gasteiger partial charge in [0.15, 0.2) is 0 Å². The van der Waals surface area contributed by atoms with Crippen LogP contribution >= 0.6 is 11.6 Å². The Bertz CT molecular complexity index is 1000. The van der Waals surface area contributed by atoms with Crippen LogP contribution in [0.2, 0.25) is 5.02 Å². The first-order valence-electron chi connectivity index (χ1n) is 6.87. The summed E-state index contributed by atoms with van der Waals surface area (Å²) in [6, 6.07) is 12.3. The highest BCUT2D eigenvalue weighted by Gasteiger charge is 2.22. The molecule has 0 atom stereocenters. The number of phenols is 2. The van der Waals surface area contributed by atoms with E-state index in [4.69, 9.17) is 17.0 Å². The number of halogens is 1. The van der Waals surface area contributed by atoms with Crippen LogP contribution in [0.3, 0.4) is 0 Å². The Morgan fingerprint density at radius 3 is 2.54 bits per heavy atom. The maximum Gasteiger partial charge on any atom is 0.271 e. The van der Waals surface area contributed by atoms with Gasteiger partial charge in [0.05, 0.1) is 21.2 Å². The summed E-state index contributed by atoms with van der Waals surface area (Å²) in [4.78, 5) is 10.3. The van der Waals surface area contributed by atoms with Crippen molar-refractivity contribution in [2.45, 2.75) is 0 Å². The molecule has 0 spiro atoms. The summed E-state index contributed by atoms with van der Waals surface area (Å²) in [5, 5.41) is 40.8. The highest BCUT2D eigenvalue weighted by molar-refractivity contribution is 6.33. The summed E-state index contributed by atoms with van der Waals surface area (Å²) in [5.41, 5.74) is -0.564. The van der Waals surface area contributed by atoms with E-state index in [2.05, 4.69) is 0 Å². The van der Waals surface area contributed by atoms with Gasteiger partial charge in [0.25, 0.3) is 5.69 Å². The molecular formula is C17H11ClN2O4. The average Bonchev–Trinajstić information content (AvgIpc) is 2.56. The summed E-state index contributed by atoms with van der Waals surface area (Å²) in [7, 11) is 0. The number of rotatable bonds is 3. The number of nitro groups is 1. The van der Waals surface area contributed by atoms with Crippen molar-refractivity contribution in [1.82, 2.24) is 0 Å². The molecule has 6 nitrogen and oxygen atoms in total. The zero-order valence-electron chi connectivity index (χ0n) is 12.2. The molecule has 3 aromatic carbocycles. The van der Waals surface area contributed by atoms with Gasteiger partial charge in [-0.15, -0.1) is 0 Å². The fourth-order valence-electron chi connectivity index (χ4n) is 2.54. The SMILES string of the molecule is N=C(c1cc([N+](=O)[O-])cc(Cl)c1O)c1c(O)ccc2ccccc12. The van der Waals surface area contributed by atoms with Crippen molar-refractivity contribution in [1.29, 1.82) is 5.41 Å². The van der Waals surface area contributed by atoms with E-state index in [-0.39, 0.29) is 33.3 Å². The monoisotopic (exact) mass is 342 g/mol. The number of fused-ring (bicyclic) bond motifs is 1. The van der Waals surface area contributed by atoms with Crippen molar-refractivity contribution in [3.63, 3.8) is 0 Å². The quantitative estimate of drug-likeness (QED) is 0.376. The molecule has 3 rings (SSSR count). The zero-order valence-corrected chi connectivity index (χ0v) is 12.9. The number of aromatic hydroxyl groups is 2. The van der Waals surface area contributed by atoms with E-state index in [1.54, 1.807) is 18.2 Å². The van der Waals surface area contributed by atoms with Gasteiger partial charge in [-0.05, 0) is 16.8 Å². The van der Waals surface area contributed by atoms with Gasteiger partial charge >= 0.3 is 0 Å². The van der Waals surface area contributed by atoms with Crippen molar-refractivity contribution in [2.24, 2.45) is 0 Å². The molecule has 0 aliphatic heterocycles. The fraction of sp³-hybridized carbons (Fsp3) is 0. The predicted molar refractivity (Wildman–Crippen MR) is 91.3 cm³/mol. The second-order valence-electron chi connectivity index (χ2n) is 5.14. The van der Waals surface area contributed by atoms with E-state index in [1.165, 1.54) is 6.07 Å². The number of nitrogens with one attached hydrogen (secondary N) is 1. The summed E-state index contributed by atoms with van der Waals surface area (Å²) in [6.07, 6.45) is 0. The maximum absolute atomic E-state index is 11.0. The van der Waals surface area contributed by atoms with Crippen molar-refractivity contribution >= 4 is 33.8 Å². The molecular weight excluding hydrogens is 332 g/mol. The van der Waals surface area contributed by atoms with Gasteiger partial charge in [-0.2, -0.15) is 0 Å². The third-order valence-corrected chi connectivity index (χ3v) is 3.97. The highest BCUT2D eigenvalue weighted by atomic mass is 35.5. The summed E-state index contributed by atoms with van der Waals surface area (Å²) in [5.74, 6) is -0.611. The standard InChI is InChI=1S/C17H11ClN2O4/c18-13-8-10(20(23)24)7-12(17(13)22)16(19)15-11-4-2-1-3-9(11)5-6-14(15)21/h1-8,19,21-22H. The van der Waals surface area contributed by atoms with Gasteiger partial charge in [0, 0.05) is 17.7 Å². The zero-order chi connectivity index (χ0) is 17.4. The lowest BCUT2D eigenvalue weighted by Crippen LogP contribution is -2.05. The van der Waals surface area contributed by atoms with Crippen LogP contribution in [0.25, 0.3) is 10.8 Å². The number of benzene rings is 3. The van der Waals surface area contributed by atoms with Crippen molar-refractivity contribution < 1.29 is 15.1 Å². The largest absolute Gasteiger partial charge is 0.507 e. The van der Waals surface area contributed by atoms with Crippen LogP contribution in [-0.2, 0) is 0 Å². The van der Waals surface area contributed by atoms with E-state index in [0.717, 1.165) is 17.5 Å². The van der Waals surface area contributed by atoms with E-state index in [1.807, 2.05) is 12.1 Å². The molecule has 24 heavy (non-hydrogen) atoms. The van der Waals surface area contributed by atoms with E-state index >= 15 is 0 Å². The Morgan fingerprint density at radius 1 is 1.12 bits per heavy atom. The van der Waals surface area contributed by atoms with E-state index in [0.29, 0.717) is 5.39 Å². The van der Waals surface area contributed by atoms with Gasteiger partial charge in [0.1, 0.15) is 11.5 Å². The summed E-state index contributed by atoms with van der Waals surface area (Å²) >= 11 is 5.84. The number of nitrogens with zero attached hydrogens (tertiary/aromatic N) is 1. The van der Waals surface area contributed by atoms with Gasteiger partial charge in [-0.3, -0.25) is 15.5 Å². The third kappa shape index (κ3) is 2.53. The van der Waals surface area contributed by atoms with Gasteiger partial charge in [-0.1, -0.05) is 41.9 Å². The Balaban J connectivity index is 2.28. The molecule has 0 saturated carbocycles. The first kappa shape index (κ1) is 15.8. The molecule has 0 aliphatic rings. The van der Waals surface area contributed by atoms with E-state index in [9.17, 15) is 20.3 Å². The van der Waals surface area contributed by atoms with Crippen LogP contribution in [0.1, 0.15) is 11.1 Å². The van der Waals surface area contributed by atoms with Gasteiger partial charge < -0.3 is 10.2 Å². The van der Waals surface area contributed by atoms with Crippen molar-refractivity contribution in [2.75, 3.05) is 0 Å². The Kier molecular flexibility index (Phi) is 3.83. The molecule has 7 heteroatoms. The number of phenolic OH excluding ortho intramolecular Hbond substituents is 2. The molecule has 0 radical (unpaired) electrons. The molecule has 0 heterocycles. The Morgan fingerprint density at radius 2 is 1.83 bits per heavy atom. The highest BCUT2D eigenvalue weighted by Crippen LogP contribution is 2.36. The number of non-ortho nitro benzene ring substituents is 1. The minimum Gasteiger partial charge on any atom is -0.507 e. The first-order valence-corrected chi connectivity index (χ1v) is 7.25. The molecule has 120 valence electrons. The number of hydrogen-bond acceptors (Lipinski definition) is 5. The summed E-state index contributed by atoms with van der Waals surface area (Å²) in [6.45, 7) is 0. The molecule has 3 aromatic rings. The van der Waals surface area contributed by atoms with Crippen molar-refractivity contribution in [3.8, 4) is 11.5 Å². The van der Waals surface area contributed by atoms with Crippen LogP contribution < -0.4 is 0 Å². The molecule has 3 N–H and O–H groups in total. The lowest BCUT2D eigenvalue weighted by atomic mass is 9.95.